The lowest BCUT2D eigenvalue weighted by atomic mass is 10.2. The van der Waals surface area contributed by atoms with Crippen molar-refractivity contribution in [1.82, 2.24) is 10.2 Å². The summed E-state index contributed by atoms with van der Waals surface area (Å²) in [6, 6.07) is 6.64. The number of hydrogen-bond acceptors (Lipinski definition) is 2. The van der Waals surface area contributed by atoms with Gasteiger partial charge in [-0.3, -0.25) is 4.99 Å². The van der Waals surface area contributed by atoms with E-state index in [1.54, 1.807) is 19.2 Å². The van der Waals surface area contributed by atoms with Gasteiger partial charge in [0.05, 0.1) is 0 Å². The zero-order chi connectivity index (χ0) is 16.2. The van der Waals surface area contributed by atoms with E-state index in [9.17, 15) is 4.39 Å². The number of benzene rings is 1. The maximum absolute atomic E-state index is 13.2. The summed E-state index contributed by atoms with van der Waals surface area (Å²) in [5.74, 6) is 0.593. The molecule has 0 bridgehead atoms. The van der Waals surface area contributed by atoms with Crippen LogP contribution in [0, 0.1) is 5.82 Å². The first-order valence-corrected chi connectivity index (χ1v) is 7.91. The van der Waals surface area contributed by atoms with Gasteiger partial charge in [0.2, 0.25) is 0 Å². The van der Waals surface area contributed by atoms with Gasteiger partial charge in [-0.2, -0.15) is 0 Å². The molecule has 0 unspecified atom stereocenters. The second-order valence-corrected chi connectivity index (χ2v) is 5.28. The van der Waals surface area contributed by atoms with E-state index < -0.39 is 0 Å². The Hall–Kier alpha value is -0.890. The average molecular weight is 437 g/mol. The highest BCUT2D eigenvalue weighted by molar-refractivity contribution is 14.0. The van der Waals surface area contributed by atoms with Gasteiger partial charge in [-0.05, 0) is 30.5 Å². The van der Waals surface area contributed by atoms with E-state index in [0.717, 1.165) is 50.5 Å². The fourth-order valence-corrected chi connectivity index (χ4v) is 2.09. The fourth-order valence-electron chi connectivity index (χ4n) is 2.09. The third kappa shape index (κ3) is 9.76. The zero-order valence-corrected chi connectivity index (χ0v) is 16.7. The molecule has 0 spiro atoms. The molecule has 0 saturated carbocycles. The highest BCUT2D eigenvalue weighted by Gasteiger charge is 2.06. The number of nitrogens with one attached hydrogen (secondary N) is 1. The van der Waals surface area contributed by atoms with Crippen molar-refractivity contribution in [1.29, 1.82) is 0 Å². The van der Waals surface area contributed by atoms with Crippen LogP contribution < -0.4 is 5.32 Å². The number of ether oxygens (including phenoxy) is 1. The molecular weight excluding hydrogens is 408 g/mol. The van der Waals surface area contributed by atoms with Crippen molar-refractivity contribution >= 4 is 29.9 Å². The van der Waals surface area contributed by atoms with Crippen molar-refractivity contribution < 1.29 is 9.13 Å². The summed E-state index contributed by atoms with van der Waals surface area (Å²) < 4.78 is 18.7. The smallest absolute Gasteiger partial charge is 0.193 e. The third-order valence-corrected chi connectivity index (χ3v) is 3.27. The molecule has 0 heterocycles. The summed E-state index contributed by atoms with van der Waals surface area (Å²) in [6.45, 7) is 5.18. The van der Waals surface area contributed by atoms with E-state index in [1.807, 2.05) is 18.0 Å². The molecule has 23 heavy (non-hydrogen) atoms. The third-order valence-electron chi connectivity index (χ3n) is 3.27. The summed E-state index contributed by atoms with van der Waals surface area (Å²) in [6.07, 6.45) is 3.22. The Morgan fingerprint density at radius 1 is 1.30 bits per heavy atom. The van der Waals surface area contributed by atoms with Crippen LogP contribution in [0.25, 0.3) is 0 Å². The van der Waals surface area contributed by atoms with Gasteiger partial charge < -0.3 is 15.0 Å². The molecule has 0 atom stereocenters. The first-order chi connectivity index (χ1) is 10.7. The van der Waals surface area contributed by atoms with Crippen LogP contribution in [-0.2, 0) is 11.3 Å². The molecule has 0 aliphatic carbocycles. The van der Waals surface area contributed by atoms with Crippen LogP contribution in [0.5, 0.6) is 0 Å². The predicted octanol–water partition coefficient (Wildman–Crippen LogP) is 3.66. The van der Waals surface area contributed by atoms with Gasteiger partial charge in [-0.15, -0.1) is 24.0 Å². The van der Waals surface area contributed by atoms with Crippen LogP contribution in [0.2, 0.25) is 0 Å². The minimum Gasteiger partial charge on any atom is -0.381 e. The van der Waals surface area contributed by atoms with Crippen molar-refractivity contribution in [3.05, 3.63) is 35.6 Å². The molecule has 0 radical (unpaired) electrons. The average Bonchev–Trinajstić information content (AvgIpc) is 2.50. The van der Waals surface area contributed by atoms with Crippen LogP contribution >= 0.6 is 24.0 Å². The maximum atomic E-state index is 13.2. The normalized spacial score (nSPS) is 11.0. The number of rotatable bonds is 9. The summed E-state index contributed by atoms with van der Waals surface area (Å²) >= 11 is 0. The maximum Gasteiger partial charge on any atom is 0.193 e. The van der Waals surface area contributed by atoms with E-state index in [-0.39, 0.29) is 29.8 Å². The molecule has 4 nitrogen and oxygen atoms in total. The summed E-state index contributed by atoms with van der Waals surface area (Å²) in [5.41, 5.74) is 0.924. The SMILES string of the molecule is CCCCOCCCNC(=NC)N(C)Cc1cccc(F)c1.I. The fraction of sp³-hybridized carbons (Fsp3) is 0.588. The van der Waals surface area contributed by atoms with Crippen LogP contribution in [-0.4, -0.2) is 44.7 Å². The molecular formula is C17H29FIN3O. The van der Waals surface area contributed by atoms with Gasteiger partial charge in [0.25, 0.3) is 0 Å². The second kappa shape index (κ2) is 13.5. The van der Waals surface area contributed by atoms with Gasteiger partial charge in [-0.1, -0.05) is 25.5 Å². The van der Waals surface area contributed by atoms with E-state index >= 15 is 0 Å². The van der Waals surface area contributed by atoms with Crippen molar-refractivity contribution in [2.75, 3.05) is 33.9 Å². The predicted molar refractivity (Wildman–Crippen MR) is 105 cm³/mol. The van der Waals surface area contributed by atoms with Crippen molar-refractivity contribution in [3.8, 4) is 0 Å². The lowest BCUT2D eigenvalue weighted by Crippen LogP contribution is -2.39. The monoisotopic (exact) mass is 437 g/mol. The molecule has 1 N–H and O–H groups in total. The van der Waals surface area contributed by atoms with Gasteiger partial charge in [0, 0.05) is 40.4 Å². The number of halogens is 2. The van der Waals surface area contributed by atoms with Crippen LogP contribution in [0.15, 0.2) is 29.3 Å². The van der Waals surface area contributed by atoms with Gasteiger partial charge >= 0.3 is 0 Å². The van der Waals surface area contributed by atoms with Crippen molar-refractivity contribution in [2.24, 2.45) is 4.99 Å². The van der Waals surface area contributed by atoms with Crippen molar-refractivity contribution in [2.45, 2.75) is 32.7 Å². The molecule has 0 aromatic heterocycles. The first-order valence-electron chi connectivity index (χ1n) is 7.91. The Morgan fingerprint density at radius 2 is 2.04 bits per heavy atom. The van der Waals surface area contributed by atoms with E-state index in [2.05, 4.69) is 17.2 Å². The lowest BCUT2D eigenvalue weighted by Gasteiger charge is -2.22. The molecule has 1 rings (SSSR count). The van der Waals surface area contributed by atoms with Gasteiger partial charge in [0.1, 0.15) is 5.82 Å². The molecule has 6 heteroatoms. The van der Waals surface area contributed by atoms with Crippen LogP contribution in [0.1, 0.15) is 31.7 Å². The summed E-state index contributed by atoms with van der Waals surface area (Å²) in [7, 11) is 3.69. The number of aliphatic imine (C=N–C) groups is 1. The Labute approximate surface area is 156 Å². The molecule has 132 valence electrons. The molecule has 0 saturated heterocycles. The van der Waals surface area contributed by atoms with Crippen LogP contribution in [0.4, 0.5) is 4.39 Å². The summed E-state index contributed by atoms with van der Waals surface area (Å²) in [4.78, 5) is 6.23. The Kier molecular flexibility index (Phi) is 13.0. The standard InChI is InChI=1S/C17H28FN3O.HI/c1-4-5-11-22-12-7-10-20-17(19-2)21(3)14-15-8-6-9-16(18)13-15;/h6,8-9,13H,4-5,7,10-12,14H2,1-3H3,(H,19,20);1H. The minimum absolute atomic E-state index is 0. The minimum atomic E-state index is -0.210. The van der Waals surface area contributed by atoms with Crippen LogP contribution in [0.3, 0.4) is 0 Å². The molecule has 1 aromatic rings. The van der Waals surface area contributed by atoms with Gasteiger partial charge in [-0.25, -0.2) is 4.39 Å². The molecule has 1 aromatic carbocycles. The van der Waals surface area contributed by atoms with Crippen molar-refractivity contribution in [3.63, 3.8) is 0 Å². The second-order valence-electron chi connectivity index (χ2n) is 5.28. The summed E-state index contributed by atoms with van der Waals surface area (Å²) in [5, 5.41) is 3.30. The Bertz CT molecular complexity index is 457. The number of nitrogens with zero attached hydrogens (tertiary/aromatic N) is 2. The largest absolute Gasteiger partial charge is 0.381 e. The molecule has 0 fully saturated rings. The highest BCUT2D eigenvalue weighted by Crippen LogP contribution is 2.06. The quantitative estimate of drug-likeness (QED) is 0.277. The first kappa shape index (κ1) is 22.1. The molecule has 0 aliphatic heterocycles. The van der Waals surface area contributed by atoms with Gasteiger partial charge in [0.15, 0.2) is 5.96 Å². The lowest BCUT2D eigenvalue weighted by molar-refractivity contribution is 0.129. The zero-order valence-electron chi connectivity index (χ0n) is 14.3. The van der Waals surface area contributed by atoms with E-state index in [1.165, 1.54) is 6.07 Å². The molecule has 0 aliphatic rings. The molecule has 0 amide bonds. The van der Waals surface area contributed by atoms with E-state index in [0.29, 0.717) is 6.54 Å². The number of guanidine groups is 1. The Balaban J connectivity index is 0.00000484. The number of unbranched alkanes of at least 4 members (excludes halogenated alkanes) is 1. The number of hydrogen-bond donors (Lipinski definition) is 1. The highest BCUT2D eigenvalue weighted by atomic mass is 127. The van der Waals surface area contributed by atoms with E-state index in [4.69, 9.17) is 4.74 Å². The topological polar surface area (TPSA) is 36.9 Å². The Morgan fingerprint density at radius 3 is 2.70 bits per heavy atom.